The number of benzene rings is 1. The van der Waals surface area contributed by atoms with Crippen molar-refractivity contribution in [3.8, 4) is 5.75 Å². The minimum atomic E-state index is -5.08. The number of rotatable bonds is 2. The topological polar surface area (TPSA) is 35.5 Å². The van der Waals surface area contributed by atoms with Gasteiger partial charge in [-0.15, -0.1) is 13.2 Å². The van der Waals surface area contributed by atoms with Crippen LogP contribution in [-0.2, 0) is 10.9 Å². The lowest BCUT2D eigenvalue weighted by Gasteiger charge is -2.14. The Labute approximate surface area is 102 Å². The van der Waals surface area contributed by atoms with Crippen molar-refractivity contribution in [1.29, 1.82) is 0 Å². The van der Waals surface area contributed by atoms with Crippen LogP contribution in [0.25, 0.3) is 0 Å². The second-order valence-corrected chi connectivity index (χ2v) is 3.24. The summed E-state index contributed by atoms with van der Waals surface area (Å²) in [7, 11) is 0.805. The molecule has 0 atom stereocenters. The van der Waals surface area contributed by atoms with Gasteiger partial charge >= 0.3 is 18.5 Å². The maximum atomic E-state index is 12.5. The van der Waals surface area contributed by atoms with Crippen LogP contribution < -0.4 is 4.74 Å². The highest BCUT2D eigenvalue weighted by Gasteiger charge is 2.37. The summed E-state index contributed by atoms with van der Waals surface area (Å²) in [5, 5.41) is 0. The van der Waals surface area contributed by atoms with E-state index in [-0.39, 0.29) is 0 Å². The summed E-state index contributed by atoms with van der Waals surface area (Å²) in [6, 6.07) is 1.10. The summed E-state index contributed by atoms with van der Waals surface area (Å²) in [6.07, 6.45) is -9.98. The van der Waals surface area contributed by atoms with Gasteiger partial charge in [0.05, 0.1) is 18.2 Å². The summed E-state index contributed by atoms with van der Waals surface area (Å²) in [6.45, 7) is 0. The highest BCUT2D eigenvalue weighted by atomic mass is 19.4. The van der Waals surface area contributed by atoms with Crippen LogP contribution in [0.3, 0.4) is 0 Å². The average molecular weight is 288 g/mol. The van der Waals surface area contributed by atoms with Crippen molar-refractivity contribution < 1.29 is 40.6 Å². The second-order valence-electron chi connectivity index (χ2n) is 3.24. The number of methoxy groups -OCH3 is 1. The lowest BCUT2D eigenvalue weighted by molar-refractivity contribution is -0.274. The van der Waals surface area contributed by atoms with Crippen LogP contribution in [0.15, 0.2) is 18.2 Å². The molecular weight excluding hydrogens is 282 g/mol. The zero-order valence-corrected chi connectivity index (χ0v) is 9.22. The highest BCUT2D eigenvalue weighted by molar-refractivity contribution is 5.91. The summed E-state index contributed by atoms with van der Waals surface area (Å²) in [5.41, 5.74) is -2.47. The van der Waals surface area contributed by atoms with Gasteiger partial charge in [0.2, 0.25) is 0 Å². The van der Waals surface area contributed by atoms with Crippen molar-refractivity contribution in [3.63, 3.8) is 0 Å². The van der Waals surface area contributed by atoms with Crippen molar-refractivity contribution in [2.24, 2.45) is 0 Å². The predicted molar refractivity (Wildman–Crippen MR) is 49.5 cm³/mol. The fraction of sp³-hybridized carbons (Fsp3) is 0.300. The fourth-order valence-corrected chi connectivity index (χ4v) is 1.25. The zero-order valence-electron chi connectivity index (χ0n) is 9.22. The molecule has 0 saturated heterocycles. The lowest BCUT2D eigenvalue weighted by atomic mass is 10.1. The van der Waals surface area contributed by atoms with Crippen LogP contribution in [0.2, 0.25) is 0 Å². The van der Waals surface area contributed by atoms with E-state index in [2.05, 4.69) is 9.47 Å². The first kappa shape index (κ1) is 15.1. The van der Waals surface area contributed by atoms with Crippen molar-refractivity contribution in [1.82, 2.24) is 0 Å². The SMILES string of the molecule is COC(=O)c1cc(OC(F)(F)F)ccc1C(F)(F)F. The normalized spacial score (nSPS) is 12.2. The van der Waals surface area contributed by atoms with E-state index in [0.29, 0.717) is 18.2 Å². The maximum Gasteiger partial charge on any atom is 0.573 e. The molecule has 0 bridgehead atoms. The Balaban J connectivity index is 3.28. The molecule has 0 aliphatic heterocycles. The highest BCUT2D eigenvalue weighted by Crippen LogP contribution is 2.35. The number of ether oxygens (including phenoxy) is 2. The van der Waals surface area contributed by atoms with Crippen LogP contribution in [0.1, 0.15) is 15.9 Å². The predicted octanol–water partition coefficient (Wildman–Crippen LogP) is 3.39. The molecule has 0 heterocycles. The third-order valence-electron chi connectivity index (χ3n) is 1.94. The van der Waals surface area contributed by atoms with Gasteiger partial charge in [0.15, 0.2) is 0 Å². The van der Waals surface area contributed by atoms with E-state index in [1.807, 2.05) is 0 Å². The molecule has 0 saturated carbocycles. The molecule has 19 heavy (non-hydrogen) atoms. The molecule has 9 heteroatoms. The minimum Gasteiger partial charge on any atom is -0.465 e. The second kappa shape index (κ2) is 4.98. The van der Waals surface area contributed by atoms with E-state index in [1.165, 1.54) is 0 Å². The van der Waals surface area contributed by atoms with Gasteiger partial charge < -0.3 is 9.47 Å². The molecule has 0 unspecified atom stereocenters. The molecule has 0 aliphatic carbocycles. The molecule has 1 aromatic rings. The fourth-order valence-electron chi connectivity index (χ4n) is 1.25. The summed E-state index contributed by atoms with van der Waals surface area (Å²) in [4.78, 5) is 11.1. The first-order chi connectivity index (χ1) is 8.54. The Morgan fingerprint density at radius 1 is 1.11 bits per heavy atom. The average Bonchev–Trinajstić information content (AvgIpc) is 2.24. The first-order valence-electron chi connectivity index (χ1n) is 4.60. The molecule has 0 amide bonds. The van der Waals surface area contributed by atoms with Gasteiger partial charge in [-0.3, -0.25) is 0 Å². The molecule has 0 N–H and O–H groups in total. The van der Waals surface area contributed by atoms with Crippen molar-refractivity contribution in [2.75, 3.05) is 7.11 Å². The Bertz CT molecular complexity index is 477. The quantitative estimate of drug-likeness (QED) is 0.618. The van der Waals surface area contributed by atoms with Crippen LogP contribution in [0.5, 0.6) is 5.75 Å². The third-order valence-corrected chi connectivity index (χ3v) is 1.94. The molecule has 0 spiro atoms. The van der Waals surface area contributed by atoms with Crippen molar-refractivity contribution >= 4 is 5.97 Å². The minimum absolute atomic E-state index is 0.313. The Kier molecular flexibility index (Phi) is 3.97. The molecule has 0 radical (unpaired) electrons. The van der Waals surface area contributed by atoms with Crippen molar-refractivity contribution in [3.05, 3.63) is 29.3 Å². The first-order valence-corrected chi connectivity index (χ1v) is 4.60. The third kappa shape index (κ3) is 4.04. The van der Waals surface area contributed by atoms with Gasteiger partial charge in [0.1, 0.15) is 5.75 Å². The number of alkyl halides is 6. The van der Waals surface area contributed by atoms with Gasteiger partial charge in [-0.25, -0.2) is 4.79 Å². The van der Waals surface area contributed by atoms with E-state index in [9.17, 15) is 31.1 Å². The summed E-state index contributed by atoms with van der Waals surface area (Å²) in [5.74, 6) is -2.36. The summed E-state index contributed by atoms with van der Waals surface area (Å²) < 4.78 is 80.9. The molecule has 0 aliphatic rings. The van der Waals surface area contributed by atoms with Crippen LogP contribution in [0, 0.1) is 0 Å². The van der Waals surface area contributed by atoms with Crippen LogP contribution >= 0.6 is 0 Å². The zero-order chi connectivity index (χ0) is 14.8. The smallest absolute Gasteiger partial charge is 0.465 e. The van der Waals surface area contributed by atoms with Gasteiger partial charge in [0.25, 0.3) is 0 Å². The van der Waals surface area contributed by atoms with Gasteiger partial charge in [-0.2, -0.15) is 13.2 Å². The molecule has 106 valence electrons. The van der Waals surface area contributed by atoms with E-state index < -0.39 is 35.4 Å². The van der Waals surface area contributed by atoms with Gasteiger partial charge in [-0.1, -0.05) is 0 Å². The van der Waals surface area contributed by atoms with Gasteiger partial charge in [-0.05, 0) is 18.2 Å². The standard InChI is InChI=1S/C10H6F6O3/c1-18-8(17)6-4-5(19-10(14,15)16)2-3-7(6)9(11,12)13/h2-4H,1H3. The molecule has 0 aromatic heterocycles. The van der Waals surface area contributed by atoms with Crippen LogP contribution in [-0.4, -0.2) is 19.4 Å². The van der Waals surface area contributed by atoms with E-state index >= 15 is 0 Å². The Hall–Kier alpha value is -1.93. The van der Waals surface area contributed by atoms with Crippen molar-refractivity contribution in [2.45, 2.75) is 12.5 Å². The Morgan fingerprint density at radius 3 is 2.11 bits per heavy atom. The van der Waals surface area contributed by atoms with E-state index in [1.54, 1.807) is 0 Å². The molecule has 3 nitrogen and oxygen atoms in total. The molecular formula is C10H6F6O3. The monoisotopic (exact) mass is 288 g/mol. The maximum absolute atomic E-state index is 12.5. The van der Waals surface area contributed by atoms with E-state index in [4.69, 9.17) is 0 Å². The number of halogens is 6. The number of carbonyl (C=O) groups is 1. The van der Waals surface area contributed by atoms with Gasteiger partial charge in [0, 0.05) is 0 Å². The molecule has 1 rings (SSSR count). The summed E-state index contributed by atoms with van der Waals surface area (Å²) >= 11 is 0. The number of carbonyl (C=O) groups excluding carboxylic acids is 1. The molecule has 1 aromatic carbocycles. The largest absolute Gasteiger partial charge is 0.573 e. The number of hydrogen-bond donors (Lipinski definition) is 0. The van der Waals surface area contributed by atoms with E-state index in [0.717, 1.165) is 7.11 Å². The number of esters is 1. The lowest BCUT2D eigenvalue weighted by Crippen LogP contribution is -2.19. The molecule has 0 fully saturated rings. The van der Waals surface area contributed by atoms with Crippen LogP contribution in [0.4, 0.5) is 26.3 Å². The number of hydrogen-bond acceptors (Lipinski definition) is 3. The Morgan fingerprint density at radius 2 is 1.68 bits per heavy atom.